The van der Waals surface area contributed by atoms with Gasteiger partial charge in [-0.1, -0.05) is 6.07 Å². The molecule has 4 nitrogen and oxygen atoms in total. The monoisotopic (exact) mass is 263 g/mol. The van der Waals surface area contributed by atoms with Crippen LogP contribution in [0, 0.1) is 27.7 Å². The molecule has 0 aliphatic heterocycles. The fraction of sp³-hybridized carbons (Fsp3) is 0.467. The van der Waals surface area contributed by atoms with Crippen molar-refractivity contribution in [1.82, 2.24) is 0 Å². The van der Waals surface area contributed by atoms with Crippen molar-refractivity contribution in [2.75, 3.05) is 11.9 Å². The van der Waals surface area contributed by atoms with Crippen molar-refractivity contribution in [3.63, 3.8) is 0 Å². The average Bonchev–Trinajstić information content (AvgIpc) is 2.32. The van der Waals surface area contributed by atoms with Crippen LogP contribution in [0.1, 0.15) is 35.6 Å². The van der Waals surface area contributed by atoms with Gasteiger partial charge in [-0.25, -0.2) is 0 Å². The number of anilines is 1. The lowest BCUT2D eigenvalue weighted by Gasteiger charge is -2.16. The molecule has 0 unspecified atom stereocenters. The zero-order valence-corrected chi connectivity index (χ0v) is 12.2. The van der Waals surface area contributed by atoms with Crippen LogP contribution < -0.4 is 5.32 Å². The third-order valence-corrected chi connectivity index (χ3v) is 3.24. The van der Waals surface area contributed by atoms with E-state index in [9.17, 15) is 9.59 Å². The summed E-state index contributed by atoms with van der Waals surface area (Å²) in [6.07, 6.45) is -0.250. The summed E-state index contributed by atoms with van der Waals surface area (Å²) in [6.45, 7) is 9.93. The Bertz CT molecular complexity index is 480. The van der Waals surface area contributed by atoms with Crippen molar-refractivity contribution in [3.05, 3.63) is 28.3 Å². The Hall–Kier alpha value is -1.84. The first kappa shape index (κ1) is 15.2. The van der Waals surface area contributed by atoms with Gasteiger partial charge in [0.05, 0.1) is 6.61 Å². The molecule has 19 heavy (non-hydrogen) atoms. The van der Waals surface area contributed by atoms with Crippen molar-refractivity contribution in [1.29, 1.82) is 0 Å². The summed E-state index contributed by atoms with van der Waals surface area (Å²) in [6, 6.07) is 2.09. The van der Waals surface area contributed by atoms with Crippen LogP contribution in [0.2, 0.25) is 0 Å². The molecule has 1 aromatic rings. The molecule has 0 bridgehead atoms. The van der Waals surface area contributed by atoms with Gasteiger partial charge in [-0.05, 0) is 56.9 Å². The van der Waals surface area contributed by atoms with Crippen LogP contribution >= 0.6 is 0 Å². The zero-order chi connectivity index (χ0) is 14.6. The lowest BCUT2D eigenvalue weighted by molar-refractivity contribution is -0.145. The van der Waals surface area contributed by atoms with Gasteiger partial charge < -0.3 is 10.1 Å². The molecule has 1 aromatic carbocycles. The van der Waals surface area contributed by atoms with Crippen molar-refractivity contribution in [2.45, 2.75) is 41.0 Å². The van der Waals surface area contributed by atoms with Gasteiger partial charge in [0, 0.05) is 5.69 Å². The summed E-state index contributed by atoms with van der Waals surface area (Å²) < 4.78 is 4.76. The standard InChI is InChI=1S/C15H21NO3/c1-6-19-14(18)8-13(17)16-15-11(4)9(2)7-10(3)12(15)5/h7H,6,8H2,1-5H3,(H,16,17). The molecule has 0 aromatic heterocycles. The number of aryl methyl sites for hydroxylation is 2. The number of carbonyl (C=O) groups excluding carboxylic acids is 2. The molecule has 0 saturated carbocycles. The van der Waals surface area contributed by atoms with E-state index in [-0.39, 0.29) is 18.9 Å². The van der Waals surface area contributed by atoms with Gasteiger partial charge in [0.1, 0.15) is 6.42 Å². The Balaban J connectivity index is 2.88. The van der Waals surface area contributed by atoms with Gasteiger partial charge in [-0.15, -0.1) is 0 Å². The maximum absolute atomic E-state index is 11.8. The van der Waals surface area contributed by atoms with Gasteiger partial charge in [0.2, 0.25) is 5.91 Å². The Kier molecular flexibility index (Phi) is 5.10. The molecule has 0 saturated heterocycles. The summed E-state index contributed by atoms with van der Waals surface area (Å²) in [5, 5.41) is 2.81. The number of amides is 1. The minimum absolute atomic E-state index is 0.250. The molecule has 0 aliphatic carbocycles. The van der Waals surface area contributed by atoms with Crippen LogP contribution in [0.3, 0.4) is 0 Å². The highest BCUT2D eigenvalue weighted by atomic mass is 16.5. The molecule has 4 heteroatoms. The minimum atomic E-state index is -0.500. The minimum Gasteiger partial charge on any atom is -0.466 e. The van der Waals surface area contributed by atoms with E-state index in [1.807, 2.05) is 27.7 Å². The Morgan fingerprint density at radius 2 is 1.63 bits per heavy atom. The van der Waals surface area contributed by atoms with Crippen LogP contribution in [0.5, 0.6) is 0 Å². The molecule has 1 rings (SSSR count). The second kappa shape index (κ2) is 6.36. The first-order valence-electron chi connectivity index (χ1n) is 6.39. The van der Waals surface area contributed by atoms with Crippen molar-refractivity contribution < 1.29 is 14.3 Å². The first-order valence-corrected chi connectivity index (χ1v) is 6.39. The first-order chi connectivity index (χ1) is 8.86. The maximum atomic E-state index is 11.8. The smallest absolute Gasteiger partial charge is 0.315 e. The average molecular weight is 263 g/mol. The van der Waals surface area contributed by atoms with Crippen molar-refractivity contribution in [2.24, 2.45) is 0 Å². The third kappa shape index (κ3) is 3.81. The van der Waals surface area contributed by atoms with Crippen molar-refractivity contribution >= 4 is 17.6 Å². The summed E-state index contributed by atoms with van der Waals surface area (Å²) in [7, 11) is 0. The van der Waals surface area contributed by atoms with Crippen LogP contribution in [0.25, 0.3) is 0 Å². The summed E-state index contributed by atoms with van der Waals surface area (Å²) >= 11 is 0. The second-order valence-corrected chi connectivity index (χ2v) is 4.67. The number of ether oxygens (including phenoxy) is 1. The maximum Gasteiger partial charge on any atom is 0.315 e. The topological polar surface area (TPSA) is 55.4 Å². The highest BCUT2D eigenvalue weighted by molar-refractivity contribution is 6.02. The van der Waals surface area contributed by atoms with Crippen LogP contribution in [-0.4, -0.2) is 18.5 Å². The summed E-state index contributed by atoms with van der Waals surface area (Å²) in [5.41, 5.74) is 5.09. The molecule has 0 atom stereocenters. The number of hydrogen-bond donors (Lipinski definition) is 1. The van der Waals surface area contributed by atoms with E-state index in [4.69, 9.17) is 4.74 Å². The van der Waals surface area contributed by atoms with E-state index in [0.29, 0.717) is 0 Å². The largest absolute Gasteiger partial charge is 0.466 e. The molecule has 0 heterocycles. The molecule has 0 radical (unpaired) electrons. The molecular formula is C15H21NO3. The Morgan fingerprint density at radius 3 is 2.11 bits per heavy atom. The van der Waals surface area contributed by atoms with E-state index in [1.165, 1.54) is 0 Å². The van der Waals surface area contributed by atoms with E-state index in [2.05, 4.69) is 11.4 Å². The van der Waals surface area contributed by atoms with Gasteiger partial charge in [-0.2, -0.15) is 0 Å². The highest BCUT2D eigenvalue weighted by Gasteiger charge is 2.14. The van der Waals surface area contributed by atoms with Gasteiger partial charge >= 0.3 is 5.97 Å². The fourth-order valence-corrected chi connectivity index (χ4v) is 1.93. The fourth-order valence-electron chi connectivity index (χ4n) is 1.93. The number of hydrogen-bond acceptors (Lipinski definition) is 3. The lowest BCUT2D eigenvalue weighted by Crippen LogP contribution is -2.19. The highest BCUT2D eigenvalue weighted by Crippen LogP contribution is 2.26. The van der Waals surface area contributed by atoms with Crippen LogP contribution in [0.15, 0.2) is 6.07 Å². The van der Waals surface area contributed by atoms with Crippen molar-refractivity contribution in [3.8, 4) is 0 Å². The molecule has 0 fully saturated rings. The summed E-state index contributed by atoms with van der Waals surface area (Å²) in [5.74, 6) is -0.839. The van der Waals surface area contributed by atoms with Crippen LogP contribution in [-0.2, 0) is 14.3 Å². The quantitative estimate of drug-likeness (QED) is 0.671. The van der Waals surface area contributed by atoms with E-state index < -0.39 is 5.97 Å². The molecule has 104 valence electrons. The molecule has 1 N–H and O–H groups in total. The molecule has 0 spiro atoms. The molecular weight excluding hydrogens is 242 g/mol. The number of nitrogens with one attached hydrogen (secondary N) is 1. The number of esters is 1. The lowest BCUT2D eigenvalue weighted by atomic mass is 9.98. The molecule has 0 aliphatic rings. The summed E-state index contributed by atoms with van der Waals surface area (Å²) in [4.78, 5) is 23.1. The van der Waals surface area contributed by atoms with E-state index in [0.717, 1.165) is 27.9 Å². The second-order valence-electron chi connectivity index (χ2n) is 4.67. The van der Waals surface area contributed by atoms with Gasteiger partial charge in [-0.3, -0.25) is 9.59 Å². The normalized spacial score (nSPS) is 10.2. The SMILES string of the molecule is CCOC(=O)CC(=O)Nc1c(C)c(C)cc(C)c1C. The molecule has 1 amide bonds. The third-order valence-electron chi connectivity index (χ3n) is 3.24. The predicted octanol–water partition coefficient (Wildman–Crippen LogP) is 2.81. The number of benzene rings is 1. The Labute approximate surface area is 114 Å². The van der Waals surface area contributed by atoms with E-state index >= 15 is 0 Å². The zero-order valence-electron chi connectivity index (χ0n) is 12.2. The Morgan fingerprint density at radius 1 is 1.11 bits per heavy atom. The number of carbonyl (C=O) groups is 2. The predicted molar refractivity (Wildman–Crippen MR) is 75.3 cm³/mol. The number of rotatable bonds is 4. The van der Waals surface area contributed by atoms with E-state index in [1.54, 1.807) is 6.92 Å². The van der Waals surface area contributed by atoms with Gasteiger partial charge in [0.15, 0.2) is 0 Å². The van der Waals surface area contributed by atoms with Crippen LogP contribution in [0.4, 0.5) is 5.69 Å². The van der Waals surface area contributed by atoms with Gasteiger partial charge in [0.25, 0.3) is 0 Å².